The number of hydrogen-bond donors (Lipinski definition) is 1. The Balaban J connectivity index is 1.58. The number of allylic oxidation sites excluding steroid dienone is 2. The minimum absolute atomic E-state index is 0.0259. The molecule has 1 aromatic carbocycles. The number of anilines is 1. The highest BCUT2D eigenvalue weighted by Crippen LogP contribution is 2.47. The molecular weight excluding hydrogens is 428 g/mol. The van der Waals surface area contributed by atoms with E-state index in [-0.39, 0.29) is 17.7 Å². The zero-order valence-corrected chi connectivity index (χ0v) is 19.2. The van der Waals surface area contributed by atoms with Crippen LogP contribution in [0.3, 0.4) is 0 Å². The molecule has 1 aliphatic heterocycles. The number of nitrogens with one attached hydrogen (secondary N) is 1. The van der Waals surface area contributed by atoms with Gasteiger partial charge in [-0.15, -0.1) is 11.3 Å². The Morgan fingerprint density at radius 2 is 1.88 bits per heavy atom. The molecule has 0 unspecified atom stereocenters. The molecule has 1 N–H and O–H groups in total. The molecule has 9 heteroatoms. The van der Waals surface area contributed by atoms with Gasteiger partial charge in [-0.2, -0.15) is 10.1 Å². The molecule has 3 heterocycles. The van der Waals surface area contributed by atoms with Crippen LogP contribution in [0.1, 0.15) is 40.8 Å². The van der Waals surface area contributed by atoms with E-state index in [1.165, 1.54) is 6.33 Å². The number of rotatable bonds is 5. The number of benzene rings is 1. The molecule has 0 radical (unpaired) electrons. The topological polar surface area (TPSA) is 87.5 Å². The number of carbonyl (C=O) groups is 1. The minimum atomic E-state index is -0.253. The third kappa shape index (κ3) is 3.15. The average Bonchev–Trinajstić information content (AvgIpc) is 3.44. The predicted molar refractivity (Wildman–Crippen MR) is 121 cm³/mol. The van der Waals surface area contributed by atoms with Crippen molar-refractivity contribution in [3.63, 3.8) is 0 Å². The van der Waals surface area contributed by atoms with Gasteiger partial charge in [-0.05, 0) is 54.0 Å². The number of ketones is 1. The fourth-order valence-corrected chi connectivity index (χ4v) is 5.65. The van der Waals surface area contributed by atoms with Crippen molar-refractivity contribution in [3.8, 4) is 17.2 Å². The van der Waals surface area contributed by atoms with Crippen molar-refractivity contribution in [2.24, 2.45) is 0 Å². The molecule has 2 aliphatic rings. The van der Waals surface area contributed by atoms with Crippen molar-refractivity contribution in [3.05, 3.63) is 57.2 Å². The summed E-state index contributed by atoms with van der Waals surface area (Å²) in [6.07, 6.45) is 2.59. The standard InChI is InChI=1S/C23H24N4O4S/c1-12-5-6-32-22(12)20-19-15(26-23-24-11-25-27(20)23)7-13(8-16(19)28)14-9-17(29-2)21(31-4)18(10-14)30-3/h5-6,9-11,13,20H,7-8H2,1-4H3,(H,24,25,26)/t13-,20+/m1/s1. The highest BCUT2D eigenvalue weighted by Gasteiger charge is 2.40. The van der Waals surface area contributed by atoms with E-state index in [9.17, 15) is 4.79 Å². The maximum Gasteiger partial charge on any atom is 0.226 e. The van der Waals surface area contributed by atoms with E-state index < -0.39 is 0 Å². The Hall–Kier alpha value is -3.33. The van der Waals surface area contributed by atoms with Crippen LogP contribution in [0.5, 0.6) is 17.2 Å². The third-order valence-electron chi connectivity index (χ3n) is 6.17. The maximum atomic E-state index is 13.6. The molecular formula is C23H24N4O4S. The van der Waals surface area contributed by atoms with E-state index >= 15 is 0 Å². The molecule has 166 valence electrons. The number of carbonyl (C=O) groups excluding carboxylic acids is 1. The average molecular weight is 453 g/mol. The lowest BCUT2D eigenvalue weighted by molar-refractivity contribution is -0.116. The highest BCUT2D eigenvalue weighted by molar-refractivity contribution is 7.10. The van der Waals surface area contributed by atoms with Crippen LogP contribution >= 0.6 is 11.3 Å². The Morgan fingerprint density at radius 3 is 2.50 bits per heavy atom. The van der Waals surface area contributed by atoms with Gasteiger partial charge in [0.15, 0.2) is 17.3 Å². The minimum Gasteiger partial charge on any atom is -0.493 e. The quantitative estimate of drug-likeness (QED) is 0.624. The molecule has 0 bridgehead atoms. The molecule has 2 atom stereocenters. The summed E-state index contributed by atoms with van der Waals surface area (Å²) in [7, 11) is 4.77. The number of ether oxygens (including phenoxy) is 3. The van der Waals surface area contributed by atoms with Gasteiger partial charge in [0, 0.05) is 22.6 Å². The van der Waals surface area contributed by atoms with Gasteiger partial charge >= 0.3 is 0 Å². The third-order valence-corrected chi connectivity index (χ3v) is 7.24. The van der Waals surface area contributed by atoms with Crippen LogP contribution in [0.4, 0.5) is 5.95 Å². The Bertz CT molecular complexity index is 1200. The SMILES string of the molecule is COc1cc([C@H]2CC(=O)C3=C(C2)Nc2ncnn2[C@@H]3c2sccc2C)cc(OC)c1OC. The van der Waals surface area contributed by atoms with Crippen molar-refractivity contribution in [1.29, 1.82) is 0 Å². The summed E-state index contributed by atoms with van der Waals surface area (Å²) in [5.41, 5.74) is 3.79. The van der Waals surface area contributed by atoms with Crippen LogP contribution in [0.2, 0.25) is 0 Å². The molecule has 2 aromatic heterocycles. The zero-order chi connectivity index (χ0) is 22.4. The first-order valence-corrected chi connectivity index (χ1v) is 11.2. The van der Waals surface area contributed by atoms with Gasteiger partial charge in [-0.1, -0.05) is 0 Å². The van der Waals surface area contributed by atoms with Crippen molar-refractivity contribution >= 4 is 23.1 Å². The van der Waals surface area contributed by atoms with Crippen LogP contribution in [-0.2, 0) is 4.79 Å². The number of nitrogens with zero attached hydrogens (tertiary/aromatic N) is 3. The second-order valence-electron chi connectivity index (χ2n) is 7.90. The van der Waals surface area contributed by atoms with E-state index in [0.29, 0.717) is 36.0 Å². The molecule has 1 aliphatic carbocycles. The summed E-state index contributed by atoms with van der Waals surface area (Å²) in [5, 5.41) is 9.84. The molecule has 0 saturated carbocycles. The molecule has 32 heavy (non-hydrogen) atoms. The lowest BCUT2D eigenvalue weighted by Gasteiger charge is -2.35. The van der Waals surface area contributed by atoms with Crippen LogP contribution in [0.15, 0.2) is 41.2 Å². The van der Waals surface area contributed by atoms with Crippen LogP contribution in [-0.4, -0.2) is 41.9 Å². The second kappa shape index (κ2) is 7.98. The smallest absolute Gasteiger partial charge is 0.226 e. The summed E-state index contributed by atoms with van der Waals surface area (Å²) >= 11 is 1.64. The van der Waals surface area contributed by atoms with Crippen molar-refractivity contribution < 1.29 is 19.0 Å². The summed E-state index contributed by atoms with van der Waals surface area (Å²) in [6, 6.07) is 5.68. The van der Waals surface area contributed by atoms with Crippen LogP contribution < -0.4 is 19.5 Å². The highest BCUT2D eigenvalue weighted by atomic mass is 32.1. The van der Waals surface area contributed by atoms with Crippen molar-refractivity contribution in [2.75, 3.05) is 26.6 Å². The summed E-state index contributed by atoms with van der Waals surface area (Å²) in [5.74, 6) is 2.44. The van der Waals surface area contributed by atoms with Crippen molar-refractivity contribution in [2.45, 2.75) is 31.7 Å². The number of hydrogen-bond acceptors (Lipinski definition) is 8. The number of fused-ring (bicyclic) bond motifs is 1. The lowest BCUT2D eigenvalue weighted by Crippen LogP contribution is -2.33. The molecule has 0 amide bonds. The Kier molecular flexibility index (Phi) is 5.13. The molecule has 0 saturated heterocycles. The molecule has 0 spiro atoms. The molecule has 5 rings (SSSR count). The van der Waals surface area contributed by atoms with Crippen molar-refractivity contribution in [1.82, 2.24) is 14.8 Å². The Labute approximate surface area is 189 Å². The summed E-state index contributed by atoms with van der Waals surface area (Å²) in [6.45, 7) is 2.07. The van der Waals surface area contributed by atoms with Crippen LogP contribution in [0.25, 0.3) is 0 Å². The number of Topliss-reactive ketones (excluding diaryl/α,β-unsaturated/α-hetero) is 1. The largest absolute Gasteiger partial charge is 0.493 e. The molecule has 8 nitrogen and oxygen atoms in total. The Morgan fingerprint density at radius 1 is 1.12 bits per heavy atom. The van der Waals surface area contributed by atoms with E-state index in [0.717, 1.165) is 27.3 Å². The van der Waals surface area contributed by atoms with Gasteiger partial charge in [0.05, 0.1) is 21.3 Å². The van der Waals surface area contributed by atoms with Crippen LogP contribution in [0, 0.1) is 6.92 Å². The van der Waals surface area contributed by atoms with E-state index in [1.54, 1.807) is 32.7 Å². The van der Waals surface area contributed by atoms with Gasteiger partial charge in [0.2, 0.25) is 11.7 Å². The molecule has 3 aromatic rings. The number of thiophene rings is 1. The predicted octanol–water partition coefficient (Wildman–Crippen LogP) is 4.09. The van der Waals surface area contributed by atoms with Gasteiger partial charge in [0.25, 0.3) is 0 Å². The normalized spacial score (nSPS) is 19.8. The first-order valence-electron chi connectivity index (χ1n) is 10.3. The summed E-state index contributed by atoms with van der Waals surface area (Å²) < 4.78 is 18.3. The van der Waals surface area contributed by atoms with E-state index in [2.05, 4.69) is 33.8 Å². The number of methoxy groups -OCH3 is 3. The van der Waals surface area contributed by atoms with Gasteiger partial charge in [0.1, 0.15) is 12.4 Å². The number of aryl methyl sites for hydroxylation is 1. The second-order valence-corrected chi connectivity index (χ2v) is 8.85. The van der Waals surface area contributed by atoms with Gasteiger partial charge < -0.3 is 19.5 Å². The maximum absolute atomic E-state index is 13.6. The van der Waals surface area contributed by atoms with Gasteiger partial charge in [-0.25, -0.2) is 4.68 Å². The van der Waals surface area contributed by atoms with E-state index in [4.69, 9.17) is 14.2 Å². The fourth-order valence-electron chi connectivity index (χ4n) is 4.63. The van der Waals surface area contributed by atoms with E-state index in [1.807, 2.05) is 16.8 Å². The lowest BCUT2D eigenvalue weighted by atomic mass is 9.78. The first-order chi connectivity index (χ1) is 15.5. The zero-order valence-electron chi connectivity index (χ0n) is 18.3. The van der Waals surface area contributed by atoms with Gasteiger partial charge in [-0.3, -0.25) is 4.79 Å². The molecule has 0 fully saturated rings. The monoisotopic (exact) mass is 452 g/mol. The first kappa shape index (κ1) is 20.6. The number of aromatic nitrogens is 3. The fraction of sp³-hybridized carbons (Fsp3) is 0.348. The summed E-state index contributed by atoms with van der Waals surface area (Å²) in [4.78, 5) is 19.0.